The maximum atomic E-state index is 3.49. The molecule has 3 nitrogen and oxygen atoms in total. The number of hydrogen-bond donors (Lipinski definition) is 1. The summed E-state index contributed by atoms with van der Waals surface area (Å²) in [6.45, 7) is 9.07. The van der Waals surface area contributed by atoms with Crippen molar-refractivity contribution in [1.82, 2.24) is 15.1 Å². The van der Waals surface area contributed by atoms with Crippen molar-refractivity contribution in [2.45, 2.75) is 44.6 Å². The maximum absolute atomic E-state index is 3.49. The molecule has 0 spiro atoms. The molecule has 1 N–H and O–H groups in total. The lowest BCUT2D eigenvalue weighted by Gasteiger charge is -2.39. The molecule has 0 amide bonds. The van der Waals surface area contributed by atoms with Gasteiger partial charge in [-0.3, -0.25) is 4.90 Å². The van der Waals surface area contributed by atoms with E-state index in [-0.39, 0.29) is 12.4 Å². The molecule has 2 heterocycles. The van der Waals surface area contributed by atoms with Crippen LogP contribution in [0.25, 0.3) is 0 Å². The summed E-state index contributed by atoms with van der Waals surface area (Å²) in [5, 5.41) is 3.49. The zero-order valence-corrected chi connectivity index (χ0v) is 13.0. The van der Waals surface area contributed by atoms with Crippen LogP contribution in [0.3, 0.4) is 0 Å². The smallest absolute Gasteiger partial charge is 0.0233 e. The fourth-order valence-electron chi connectivity index (χ4n) is 4.00. The van der Waals surface area contributed by atoms with Gasteiger partial charge in [0, 0.05) is 45.3 Å². The highest BCUT2D eigenvalue weighted by Crippen LogP contribution is 2.25. The molecule has 3 aliphatic rings. The second kappa shape index (κ2) is 7.82. The van der Waals surface area contributed by atoms with Gasteiger partial charge < -0.3 is 10.2 Å². The lowest BCUT2D eigenvalue weighted by molar-refractivity contribution is 0.0862. The Balaban J connectivity index is 0.00000133. The van der Waals surface area contributed by atoms with E-state index in [0.717, 1.165) is 12.0 Å². The molecule has 0 aromatic rings. The van der Waals surface area contributed by atoms with Crippen LogP contribution in [-0.4, -0.2) is 61.7 Å². The Labute approximate surface area is 124 Å². The van der Waals surface area contributed by atoms with Crippen LogP contribution < -0.4 is 5.32 Å². The van der Waals surface area contributed by atoms with E-state index in [9.17, 15) is 0 Å². The predicted octanol–water partition coefficient (Wildman–Crippen LogP) is 1.97. The minimum Gasteiger partial charge on any atom is -0.315 e. The van der Waals surface area contributed by atoms with Gasteiger partial charge in [-0.25, -0.2) is 0 Å². The van der Waals surface area contributed by atoms with Crippen molar-refractivity contribution >= 4 is 12.4 Å². The van der Waals surface area contributed by atoms with Gasteiger partial charge >= 0.3 is 0 Å². The molecular weight excluding hydrogens is 258 g/mol. The molecule has 2 aliphatic heterocycles. The zero-order chi connectivity index (χ0) is 12.2. The number of piperazine rings is 1. The summed E-state index contributed by atoms with van der Waals surface area (Å²) in [7, 11) is 0. The largest absolute Gasteiger partial charge is 0.315 e. The van der Waals surface area contributed by atoms with Gasteiger partial charge in [-0.2, -0.15) is 0 Å². The average Bonchev–Trinajstić information content (AvgIpc) is 2.95. The highest BCUT2D eigenvalue weighted by atomic mass is 35.5. The molecule has 0 radical (unpaired) electrons. The highest BCUT2D eigenvalue weighted by Gasteiger charge is 2.27. The highest BCUT2D eigenvalue weighted by molar-refractivity contribution is 5.85. The fraction of sp³-hybridized carbons (Fsp3) is 1.00. The minimum absolute atomic E-state index is 0. The molecule has 1 aliphatic carbocycles. The van der Waals surface area contributed by atoms with E-state index < -0.39 is 0 Å². The summed E-state index contributed by atoms with van der Waals surface area (Å²) in [5.41, 5.74) is 0. The van der Waals surface area contributed by atoms with E-state index in [2.05, 4.69) is 15.1 Å². The van der Waals surface area contributed by atoms with E-state index >= 15 is 0 Å². The third-order valence-electron chi connectivity index (χ3n) is 5.20. The average molecular weight is 288 g/mol. The Bertz CT molecular complexity index is 242. The first-order valence-corrected chi connectivity index (χ1v) is 8.09. The van der Waals surface area contributed by atoms with Gasteiger partial charge in [0.25, 0.3) is 0 Å². The first-order chi connectivity index (χ1) is 8.92. The van der Waals surface area contributed by atoms with Gasteiger partial charge in [-0.05, 0) is 31.7 Å². The number of nitrogens with zero attached hydrogens (tertiary/aromatic N) is 2. The molecule has 112 valence electrons. The standard InChI is InChI=1S/C15H29N3.ClH/c1-2-4-14(5-3-1)13-17-8-10-18(11-9-17)15-6-7-16-12-15;/h14-16H,1-13H2;1H. The van der Waals surface area contributed by atoms with E-state index in [1.54, 1.807) is 0 Å². The van der Waals surface area contributed by atoms with Gasteiger partial charge in [0.15, 0.2) is 0 Å². The first-order valence-electron chi connectivity index (χ1n) is 8.09. The summed E-state index contributed by atoms with van der Waals surface area (Å²) < 4.78 is 0. The Morgan fingerprint density at radius 1 is 0.895 bits per heavy atom. The monoisotopic (exact) mass is 287 g/mol. The van der Waals surface area contributed by atoms with Crippen LogP contribution in [0.2, 0.25) is 0 Å². The van der Waals surface area contributed by atoms with Crippen LogP contribution in [-0.2, 0) is 0 Å². The van der Waals surface area contributed by atoms with Crippen LogP contribution in [0.4, 0.5) is 0 Å². The van der Waals surface area contributed by atoms with E-state index in [0.29, 0.717) is 0 Å². The Morgan fingerprint density at radius 2 is 1.63 bits per heavy atom. The van der Waals surface area contributed by atoms with Gasteiger partial charge in [-0.1, -0.05) is 19.3 Å². The zero-order valence-electron chi connectivity index (χ0n) is 12.1. The van der Waals surface area contributed by atoms with Crippen molar-refractivity contribution in [2.75, 3.05) is 45.8 Å². The summed E-state index contributed by atoms with van der Waals surface area (Å²) in [5.74, 6) is 1.01. The second-order valence-corrected chi connectivity index (χ2v) is 6.49. The molecule has 3 rings (SSSR count). The van der Waals surface area contributed by atoms with Crippen LogP contribution in [0.1, 0.15) is 38.5 Å². The number of rotatable bonds is 3. The maximum Gasteiger partial charge on any atom is 0.0233 e. The van der Waals surface area contributed by atoms with Gasteiger partial charge in [-0.15, -0.1) is 12.4 Å². The molecule has 1 unspecified atom stereocenters. The summed E-state index contributed by atoms with van der Waals surface area (Å²) in [4.78, 5) is 5.45. The number of hydrogen-bond acceptors (Lipinski definition) is 3. The summed E-state index contributed by atoms with van der Waals surface area (Å²) >= 11 is 0. The normalized spacial score (nSPS) is 31.3. The van der Waals surface area contributed by atoms with Crippen molar-refractivity contribution in [3.05, 3.63) is 0 Å². The van der Waals surface area contributed by atoms with Crippen molar-refractivity contribution in [2.24, 2.45) is 5.92 Å². The minimum atomic E-state index is 0. The van der Waals surface area contributed by atoms with Crippen molar-refractivity contribution in [3.8, 4) is 0 Å². The van der Waals surface area contributed by atoms with E-state index in [1.807, 2.05) is 0 Å². The second-order valence-electron chi connectivity index (χ2n) is 6.49. The van der Waals surface area contributed by atoms with Crippen molar-refractivity contribution in [1.29, 1.82) is 0 Å². The molecule has 1 atom stereocenters. The lowest BCUT2D eigenvalue weighted by atomic mass is 9.89. The van der Waals surface area contributed by atoms with E-state index in [1.165, 1.54) is 84.3 Å². The molecule has 0 aromatic heterocycles. The Kier molecular flexibility index (Phi) is 6.40. The molecule has 19 heavy (non-hydrogen) atoms. The first kappa shape index (κ1) is 15.6. The fourth-order valence-corrected chi connectivity index (χ4v) is 4.00. The van der Waals surface area contributed by atoms with E-state index in [4.69, 9.17) is 0 Å². The number of nitrogens with one attached hydrogen (secondary N) is 1. The number of halogens is 1. The van der Waals surface area contributed by atoms with Crippen LogP contribution in [0.5, 0.6) is 0 Å². The summed E-state index contributed by atoms with van der Waals surface area (Å²) in [6.07, 6.45) is 8.80. The van der Waals surface area contributed by atoms with Gasteiger partial charge in [0.05, 0.1) is 0 Å². The Hall–Kier alpha value is 0.170. The quantitative estimate of drug-likeness (QED) is 0.856. The van der Waals surface area contributed by atoms with Gasteiger partial charge in [0.2, 0.25) is 0 Å². The van der Waals surface area contributed by atoms with Crippen LogP contribution in [0.15, 0.2) is 0 Å². The van der Waals surface area contributed by atoms with Crippen molar-refractivity contribution in [3.63, 3.8) is 0 Å². The third kappa shape index (κ3) is 4.32. The third-order valence-corrected chi connectivity index (χ3v) is 5.20. The molecule has 0 bridgehead atoms. The topological polar surface area (TPSA) is 18.5 Å². The molecule has 3 fully saturated rings. The molecule has 2 saturated heterocycles. The SMILES string of the molecule is C1CCC(CN2CCN(C3CCNC3)CC2)CC1.Cl. The lowest BCUT2D eigenvalue weighted by Crippen LogP contribution is -2.51. The van der Waals surface area contributed by atoms with Crippen LogP contribution in [0, 0.1) is 5.92 Å². The van der Waals surface area contributed by atoms with Crippen molar-refractivity contribution < 1.29 is 0 Å². The molecule has 4 heteroatoms. The molecular formula is C15H30ClN3. The molecule has 1 saturated carbocycles. The summed E-state index contributed by atoms with van der Waals surface area (Å²) in [6, 6.07) is 0.835. The van der Waals surface area contributed by atoms with Crippen LogP contribution >= 0.6 is 12.4 Å². The molecule has 0 aromatic carbocycles. The van der Waals surface area contributed by atoms with Gasteiger partial charge in [0.1, 0.15) is 0 Å². The Morgan fingerprint density at radius 3 is 2.26 bits per heavy atom. The predicted molar refractivity (Wildman–Crippen MR) is 83.1 cm³/mol.